The Morgan fingerprint density at radius 3 is 2.09 bits per heavy atom. The van der Waals surface area contributed by atoms with Crippen molar-refractivity contribution in [2.45, 2.75) is 39.5 Å². The third-order valence-corrected chi connectivity index (χ3v) is 3.74. The number of benzene rings is 1. The van der Waals surface area contributed by atoms with Crippen LogP contribution in [0.25, 0.3) is 0 Å². The predicted octanol–water partition coefficient (Wildman–Crippen LogP) is 6.33. The van der Waals surface area contributed by atoms with E-state index in [1.165, 1.54) is 11.1 Å². The summed E-state index contributed by atoms with van der Waals surface area (Å²) >= 11 is 0. The first-order valence-corrected chi connectivity index (χ1v) is 7.73. The second kappa shape index (κ2) is 7.79. The average molecular weight is 292 g/mol. The minimum atomic E-state index is 0.187. The van der Waals surface area contributed by atoms with Crippen molar-refractivity contribution in [3.8, 4) is 0 Å². The summed E-state index contributed by atoms with van der Waals surface area (Å²) < 4.78 is 0. The zero-order chi connectivity index (χ0) is 16.8. The second-order valence-corrected chi connectivity index (χ2v) is 6.49. The third-order valence-electron chi connectivity index (χ3n) is 3.74. The molecule has 1 aromatic carbocycles. The molecule has 0 bridgehead atoms. The van der Waals surface area contributed by atoms with Crippen LogP contribution < -0.4 is 0 Å². The molecule has 1 rings (SSSR count). The van der Waals surface area contributed by atoms with Gasteiger partial charge >= 0.3 is 0 Å². The van der Waals surface area contributed by atoms with Gasteiger partial charge in [-0.05, 0) is 46.6 Å². The van der Waals surface area contributed by atoms with Gasteiger partial charge in [0, 0.05) is 0 Å². The number of hydrogen-bond donors (Lipinski definition) is 0. The lowest BCUT2D eigenvalue weighted by molar-refractivity contribution is 0.590. The predicted molar refractivity (Wildman–Crippen MR) is 100 cm³/mol. The lowest BCUT2D eigenvalue weighted by atomic mass is 9.86. The Bertz CT molecular complexity index is 598. The Labute approximate surface area is 136 Å². The minimum absolute atomic E-state index is 0.187. The normalized spacial score (nSPS) is 12.9. The van der Waals surface area contributed by atoms with Crippen molar-refractivity contribution in [3.63, 3.8) is 0 Å². The summed E-state index contributed by atoms with van der Waals surface area (Å²) in [6.07, 6.45) is 8.53. The van der Waals surface area contributed by atoms with Gasteiger partial charge in [0.25, 0.3) is 0 Å². The van der Waals surface area contributed by atoms with Crippen LogP contribution >= 0.6 is 0 Å². The SMILES string of the molecule is C=C/C=C(C=C)/C(=C/C)C(=C)Cc1ccc(C(C)(C)C)cc1. The molecule has 0 aromatic heterocycles. The molecule has 0 saturated carbocycles. The summed E-state index contributed by atoms with van der Waals surface area (Å²) in [5.74, 6) is 0. The molecular weight excluding hydrogens is 264 g/mol. The molecule has 0 radical (unpaired) electrons. The zero-order valence-corrected chi connectivity index (χ0v) is 14.4. The van der Waals surface area contributed by atoms with E-state index >= 15 is 0 Å². The monoisotopic (exact) mass is 292 g/mol. The molecule has 0 spiro atoms. The van der Waals surface area contributed by atoms with Crippen LogP contribution in [0.4, 0.5) is 0 Å². The molecule has 0 heterocycles. The highest BCUT2D eigenvalue weighted by atomic mass is 14.2. The maximum absolute atomic E-state index is 4.25. The Morgan fingerprint density at radius 1 is 1.09 bits per heavy atom. The molecule has 0 fully saturated rings. The fourth-order valence-electron chi connectivity index (χ4n) is 2.43. The molecule has 0 N–H and O–H groups in total. The smallest absolute Gasteiger partial charge is 0.00256 e. The first kappa shape index (κ1) is 18.0. The summed E-state index contributed by atoms with van der Waals surface area (Å²) in [5.41, 5.74) is 6.11. The van der Waals surface area contributed by atoms with E-state index in [1.807, 2.05) is 19.1 Å². The molecule has 116 valence electrons. The molecule has 22 heavy (non-hydrogen) atoms. The van der Waals surface area contributed by atoms with E-state index in [-0.39, 0.29) is 5.41 Å². The van der Waals surface area contributed by atoms with Gasteiger partial charge in [-0.25, -0.2) is 0 Å². The summed E-state index contributed by atoms with van der Waals surface area (Å²) in [5, 5.41) is 0. The van der Waals surface area contributed by atoms with Crippen LogP contribution in [0.2, 0.25) is 0 Å². The van der Waals surface area contributed by atoms with E-state index in [1.54, 1.807) is 6.08 Å². The van der Waals surface area contributed by atoms with Crippen LogP contribution in [0.5, 0.6) is 0 Å². The van der Waals surface area contributed by atoms with Crippen LogP contribution in [0.15, 0.2) is 85.0 Å². The van der Waals surface area contributed by atoms with Crippen molar-refractivity contribution in [1.29, 1.82) is 0 Å². The minimum Gasteiger partial charge on any atom is -0.0990 e. The van der Waals surface area contributed by atoms with Crippen molar-refractivity contribution in [1.82, 2.24) is 0 Å². The zero-order valence-electron chi connectivity index (χ0n) is 14.4. The van der Waals surface area contributed by atoms with E-state index in [4.69, 9.17) is 0 Å². The second-order valence-electron chi connectivity index (χ2n) is 6.49. The largest absolute Gasteiger partial charge is 0.0990 e. The first-order valence-electron chi connectivity index (χ1n) is 7.73. The Morgan fingerprint density at radius 2 is 1.68 bits per heavy atom. The summed E-state index contributed by atoms with van der Waals surface area (Å²) in [6, 6.07) is 8.82. The molecular formula is C22H28. The van der Waals surface area contributed by atoms with Crippen molar-refractivity contribution >= 4 is 0 Å². The van der Waals surface area contributed by atoms with Gasteiger partial charge in [0.05, 0.1) is 0 Å². The van der Waals surface area contributed by atoms with E-state index in [0.29, 0.717) is 0 Å². The van der Waals surface area contributed by atoms with Crippen molar-refractivity contribution < 1.29 is 0 Å². The summed E-state index contributed by atoms with van der Waals surface area (Å²) in [6.45, 7) is 20.6. The molecule has 0 nitrogen and oxygen atoms in total. The van der Waals surface area contributed by atoms with Crippen LogP contribution in [0.1, 0.15) is 38.8 Å². The first-order chi connectivity index (χ1) is 10.3. The van der Waals surface area contributed by atoms with Crippen LogP contribution in [0, 0.1) is 0 Å². The van der Waals surface area contributed by atoms with Gasteiger partial charge in [0.2, 0.25) is 0 Å². The average Bonchev–Trinajstić information content (AvgIpc) is 2.46. The van der Waals surface area contributed by atoms with Gasteiger partial charge < -0.3 is 0 Å². The number of allylic oxidation sites excluding steroid dienone is 7. The van der Waals surface area contributed by atoms with Crippen molar-refractivity contribution in [2.75, 3.05) is 0 Å². The molecule has 1 aromatic rings. The van der Waals surface area contributed by atoms with Gasteiger partial charge in [-0.2, -0.15) is 0 Å². The fourth-order valence-corrected chi connectivity index (χ4v) is 2.43. The Balaban J connectivity index is 2.94. The van der Waals surface area contributed by atoms with Gasteiger partial charge in [-0.1, -0.05) is 89.1 Å². The van der Waals surface area contributed by atoms with Crippen LogP contribution in [-0.2, 0) is 11.8 Å². The van der Waals surface area contributed by atoms with Gasteiger partial charge in [-0.3, -0.25) is 0 Å². The Kier molecular flexibility index (Phi) is 6.37. The van der Waals surface area contributed by atoms with E-state index in [9.17, 15) is 0 Å². The van der Waals surface area contributed by atoms with Crippen molar-refractivity contribution in [3.05, 3.63) is 96.2 Å². The molecule has 0 aliphatic carbocycles. The number of hydrogen-bond acceptors (Lipinski definition) is 0. The third kappa shape index (κ3) is 4.73. The molecule has 0 aliphatic rings. The van der Waals surface area contributed by atoms with E-state index in [0.717, 1.165) is 23.1 Å². The van der Waals surface area contributed by atoms with Gasteiger partial charge in [-0.15, -0.1) is 0 Å². The van der Waals surface area contributed by atoms with Crippen LogP contribution in [0.3, 0.4) is 0 Å². The van der Waals surface area contributed by atoms with Crippen LogP contribution in [-0.4, -0.2) is 0 Å². The number of rotatable bonds is 6. The molecule has 0 unspecified atom stereocenters. The van der Waals surface area contributed by atoms with Crippen molar-refractivity contribution in [2.24, 2.45) is 0 Å². The maximum Gasteiger partial charge on any atom is -0.00256 e. The standard InChI is InChI=1S/C22H28/c1-8-11-19(9-2)21(10-3)17(4)16-18-12-14-20(15-13-18)22(5,6)7/h8-15H,1-2,4,16H2,3,5-7H3/b19-11+,21-10+. The molecule has 0 aliphatic heterocycles. The summed E-state index contributed by atoms with van der Waals surface area (Å²) in [7, 11) is 0. The van der Waals surface area contributed by atoms with Gasteiger partial charge in [0.15, 0.2) is 0 Å². The quantitative estimate of drug-likeness (QED) is 0.538. The molecule has 0 heteroatoms. The highest BCUT2D eigenvalue weighted by Gasteiger charge is 2.13. The molecule has 0 atom stereocenters. The van der Waals surface area contributed by atoms with E-state index < -0.39 is 0 Å². The fraction of sp³-hybridized carbons (Fsp3) is 0.273. The highest BCUT2D eigenvalue weighted by molar-refractivity contribution is 5.52. The van der Waals surface area contributed by atoms with Gasteiger partial charge in [0.1, 0.15) is 0 Å². The Hall–Kier alpha value is -2.08. The molecule has 0 saturated heterocycles. The summed E-state index contributed by atoms with van der Waals surface area (Å²) in [4.78, 5) is 0. The highest BCUT2D eigenvalue weighted by Crippen LogP contribution is 2.25. The van der Waals surface area contributed by atoms with E-state index in [2.05, 4.69) is 70.8 Å². The topological polar surface area (TPSA) is 0 Å². The maximum atomic E-state index is 4.25. The lowest BCUT2D eigenvalue weighted by Gasteiger charge is -2.19. The molecule has 0 amide bonds. The lowest BCUT2D eigenvalue weighted by Crippen LogP contribution is -2.10.